The van der Waals surface area contributed by atoms with Gasteiger partial charge in [-0.25, -0.2) is 8.42 Å². The number of thiophene rings is 1. The van der Waals surface area contributed by atoms with Gasteiger partial charge in [0.05, 0.1) is 16.6 Å². The van der Waals surface area contributed by atoms with E-state index in [0.29, 0.717) is 20.8 Å². The Labute approximate surface area is 126 Å². The number of fused-ring (bicyclic) bond motifs is 1. The molecule has 1 amide bonds. The number of hydrogen-bond acceptors (Lipinski definition) is 7. The fourth-order valence-electron chi connectivity index (χ4n) is 1.55. The third kappa shape index (κ3) is 2.98. The minimum atomic E-state index is -3.28. The summed E-state index contributed by atoms with van der Waals surface area (Å²) >= 11 is 1.13. The molecule has 0 aliphatic heterocycles. The van der Waals surface area contributed by atoms with E-state index < -0.39 is 20.5 Å². The highest BCUT2D eigenvalue weighted by molar-refractivity contribution is 7.92. The Bertz CT molecular complexity index is 796. The number of nitrogens with two attached hydrogens (primary N) is 1. The Hall–Kier alpha value is -1.74. The van der Waals surface area contributed by atoms with Gasteiger partial charge in [0.1, 0.15) is 9.71 Å². The van der Waals surface area contributed by atoms with E-state index in [0.717, 1.165) is 17.6 Å². The number of sulfone groups is 1. The molecule has 0 saturated carbocycles. The number of nitrogens with zero attached hydrogens (tertiary/aromatic N) is 2. The van der Waals surface area contributed by atoms with Crippen LogP contribution in [0.1, 0.15) is 23.5 Å². The molecule has 0 fully saturated rings. The number of carbonyl (C=O) groups excluding carboxylic acids is 1. The zero-order valence-electron chi connectivity index (χ0n) is 11.9. The number of hydrogen-bond donors (Lipinski definition) is 2. The summed E-state index contributed by atoms with van der Waals surface area (Å²) in [7, 11) is -3.28. The molecule has 0 atom stereocenters. The highest BCUT2D eigenvalue weighted by atomic mass is 32.2. The van der Waals surface area contributed by atoms with Crippen LogP contribution in [0.15, 0.2) is 12.3 Å². The minimum absolute atomic E-state index is 0.00400. The molecule has 7 nitrogen and oxygen atoms in total. The van der Waals surface area contributed by atoms with Crippen LogP contribution in [0.4, 0.5) is 5.69 Å². The number of nitrogens with one attached hydrogen (secondary N) is 1. The van der Waals surface area contributed by atoms with E-state index in [2.05, 4.69) is 15.5 Å². The van der Waals surface area contributed by atoms with Crippen molar-refractivity contribution >= 4 is 43.0 Å². The van der Waals surface area contributed by atoms with Crippen LogP contribution >= 0.6 is 11.3 Å². The van der Waals surface area contributed by atoms with Crippen molar-refractivity contribution in [1.82, 2.24) is 15.5 Å². The van der Waals surface area contributed by atoms with Gasteiger partial charge in [0.15, 0.2) is 9.84 Å². The molecule has 3 N–H and O–H groups in total. The summed E-state index contributed by atoms with van der Waals surface area (Å²) in [6, 6.07) is 1.69. The van der Waals surface area contributed by atoms with E-state index in [1.54, 1.807) is 19.9 Å². The van der Waals surface area contributed by atoms with Gasteiger partial charge in [-0.2, -0.15) is 5.10 Å². The molecule has 0 radical (unpaired) electrons. The van der Waals surface area contributed by atoms with Crippen LogP contribution < -0.4 is 11.1 Å². The molecule has 0 saturated heterocycles. The summed E-state index contributed by atoms with van der Waals surface area (Å²) in [5.41, 5.74) is 6.26. The molecule has 2 aromatic rings. The molecule has 2 aromatic heterocycles. The van der Waals surface area contributed by atoms with Crippen molar-refractivity contribution < 1.29 is 13.2 Å². The van der Waals surface area contributed by atoms with Crippen LogP contribution in [0.25, 0.3) is 10.2 Å². The SMILES string of the molecule is CC(C)(CNC(=O)c1sc2nnccc2c1N)S(C)(=O)=O. The molecule has 0 spiro atoms. The summed E-state index contributed by atoms with van der Waals surface area (Å²) in [6.45, 7) is 3.12. The van der Waals surface area contributed by atoms with E-state index in [1.165, 1.54) is 6.20 Å². The lowest BCUT2D eigenvalue weighted by Gasteiger charge is -2.22. The van der Waals surface area contributed by atoms with Gasteiger partial charge in [0.2, 0.25) is 0 Å². The van der Waals surface area contributed by atoms with Crippen molar-refractivity contribution in [2.24, 2.45) is 0 Å². The lowest BCUT2D eigenvalue weighted by Crippen LogP contribution is -2.43. The molecule has 0 aromatic carbocycles. The number of aromatic nitrogens is 2. The second-order valence-corrected chi connectivity index (χ2v) is 8.96. The number of anilines is 1. The van der Waals surface area contributed by atoms with E-state index in [-0.39, 0.29) is 6.54 Å². The average Bonchev–Trinajstić information content (AvgIpc) is 2.73. The Morgan fingerprint density at radius 1 is 1.48 bits per heavy atom. The fourth-order valence-corrected chi connectivity index (χ4v) is 2.83. The topological polar surface area (TPSA) is 115 Å². The average molecular weight is 328 g/mol. The first-order valence-electron chi connectivity index (χ1n) is 6.11. The smallest absolute Gasteiger partial charge is 0.263 e. The Morgan fingerprint density at radius 2 is 2.14 bits per heavy atom. The van der Waals surface area contributed by atoms with Crippen molar-refractivity contribution in [2.45, 2.75) is 18.6 Å². The third-order valence-corrected chi connectivity index (χ3v) is 6.56. The van der Waals surface area contributed by atoms with Crippen molar-refractivity contribution in [2.75, 3.05) is 18.5 Å². The molecule has 21 heavy (non-hydrogen) atoms. The first-order chi connectivity index (χ1) is 9.63. The third-order valence-electron chi connectivity index (χ3n) is 3.31. The van der Waals surface area contributed by atoms with Gasteiger partial charge in [-0.15, -0.1) is 16.4 Å². The standard InChI is InChI=1S/C12H16N4O3S2/c1-12(2,21(3,18)19)6-14-10(17)9-8(13)7-4-5-15-16-11(7)20-9/h4-5H,6,13H2,1-3H3,(H,14,17). The molecule has 2 rings (SSSR count). The predicted octanol–water partition coefficient (Wildman–Crippen LogP) is 0.827. The quantitative estimate of drug-likeness (QED) is 0.859. The summed E-state index contributed by atoms with van der Waals surface area (Å²) in [5, 5.41) is 10.9. The van der Waals surface area contributed by atoms with Gasteiger partial charge in [0.25, 0.3) is 5.91 Å². The summed E-state index contributed by atoms with van der Waals surface area (Å²) in [6.07, 6.45) is 2.64. The summed E-state index contributed by atoms with van der Waals surface area (Å²) in [4.78, 5) is 13.1. The molecule has 0 aliphatic carbocycles. The largest absolute Gasteiger partial charge is 0.397 e. The summed E-state index contributed by atoms with van der Waals surface area (Å²) in [5.74, 6) is -0.410. The first kappa shape index (κ1) is 15.6. The molecule has 114 valence electrons. The number of carbonyl (C=O) groups is 1. The molecule has 2 heterocycles. The zero-order valence-corrected chi connectivity index (χ0v) is 13.5. The molecule has 9 heteroatoms. The normalized spacial score (nSPS) is 12.5. The van der Waals surface area contributed by atoms with E-state index >= 15 is 0 Å². The highest BCUT2D eigenvalue weighted by Crippen LogP contribution is 2.31. The second-order valence-electron chi connectivity index (χ2n) is 5.31. The van der Waals surface area contributed by atoms with Crippen molar-refractivity contribution in [1.29, 1.82) is 0 Å². The van der Waals surface area contributed by atoms with Crippen LogP contribution in [0, 0.1) is 0 Å². The van der Waals surface area contributed by atoms with Crippen LogP contribution in [-0.4, -0.2) is 42.1 Å². The number of rotatable bonds is 4. The fraction of sp³-hybridized carbons (Fsp3) is 0.417. The summed E-state index contributed by atoms with van der Waals surface area (Å²) < 4.78 is 22.2. The van der Waals surface area contributed by atoms with Gasteiger partial charge < -0.3 is 11.1 Å². The van der Waals surface area contributed by atoms with Crippen LogP contribution in [0.2, 0.25) is 0 Å². The van der Waals surface area contributed by atoms with Crippen LogP contribution in [-0.2, 0) is 9.84 Å². The van der Waals surface area contributed by atoms with Crippen LogP contribution in [0.5, 0.6) is 0 Å². The van der Waals surface area contributed by atoms with E-state index in [1.807, 2.05) is 0 Å². The molecular formula is C12H16N4O3S2. The Morgan fingerprint density at radius 3 is 2.71 bits per heavy atom. The van der Waals surface area contributed by atoms with Gasteiger partial charge >= 0.3 is 0 Å². The Kier molecular flexibility index (Phi) is 3.89. The van der Waals surface area contributed by atoms with Crippen molar-refractivity contribution in [3.05, 3.63) is 17.1 Å². The predicted molar refractivity (Wildman–Crippen MR) is 83.1 cm³/mol. The first-order valence-corrected chi connectivity index (χ1v) is 8.82. The minimum Gasteiger partial charge on any atom is -0.397 e. The molecule has 0 unspecified atom stereocenters. The molecule has 0 aliphatic rings. The molecule has 0 bridgehead atoms. The van der Waals surface area contributed by atoms with Crippen LogP contribution in [0.3, 0.4) is 0 Å². The molecular weight excluding hydrogens is 312 g/mol. The second kappa shape index (κ2) is 5.23. The van der Waals surface area contributed by atoms with Gasteiger partial charge in [-0.3, -0.25) is 4.79 Å². The van der Waals surface area contributed by atoms with Crippen molar-refractivity contribution in [3.8, 4) is 0 Å². The lowest BCUT2D eigenvalue weighted by atomic mass is 10.2. The lowest BCUT2D eigenvalue weighted by molar-refractivity contribution is 0.0955. The van der Waals surface area contributed by atoms with E-state index in [9.17, 15) is 13.2 Å². The van der Waals surface area contributed by atoms with Gasteiger partial charge in [-0.1, -0.05) is 0 Å². The Balaban J connectivity index is 2.22. The number of nitrogen functional groups attached to an aromatic ring is 1. The zero-order chi connectivity index (χ0) is 15.8. The van der Waals surface area contributed by atoms with Gasteiger partial charge in [0, 0.05) is 18.2 Å². The van der Waals surface area contributed by atoms with Gasteiger partial charge in [-0.05, 0) is 19.9 Å². The monoisotopic (exact) mass is 328 g/mol. The van der Waals surface area contributed by atoms with E-state index in [4.69, 9.17) is 5.73 Å². The maximum atomic E-state index is 12.2. The maximum absolute atomic E-state index is 12.2. The van der Waals surface area contributed by atoms with Crippen molar-refractivity contribution in [3.63, 3.8) is 0 Å². The highest BCUT2D eigenvalue weighted by Gasteiger charge is 2.31. The maximum Gasteiger partial charge on any atom is 0.263 e. The number of amides is 1.